The zero-order valence-electron chi connectivity index (χ0n) is 10.4. The number of carboxylic acids is 1. The van der Waals surface area contributed by atoms with Crippen LogP contribution in [0.4, 0.5) is 5.69 Å². The first-order valence-electron chi connectivity index (χ1n) is 5.94. The molecule has 2 unspecified atom stereocenters. The van der Waals surface area contributed by atoms with E-state index in [2.05, 4.69) is 5.32 Å². The SMILES string of the molecule is CC1CCOC1C(=O)Nc1ccc(C(=O)O)c(Cl)c1. The molecule has 1 aromatic carbocycles. The predicted octanol–water partition coefficient (Wildman–Crippen LogP) is 2.40. The lowest BCUT2D eigenvalue weighted by Crippen LogP contribution is -2.31. The smallest absolute Gasteiger partial charge is 0.337 e. The molecule has 0 radical (unpaired) electrons. The maximum Gasteiger partial charge on any atom is 0.337 e. The van der Waals surface area contributed by atoms with Crippen LogP contribution in [0.1, 0.15) is 23.7 Å². The summed E-state index contributed by atoms with van der Waals surface area (Å²) in [6, 6.07) is 4.29. The van der Waals surface area contributed by atoms with Gasteiger partial charge in [0.05, 0.1) is 10.6 Å². The molecule has 2 rings (SSSR count). The fraction of sp³-hybridized carbons (Fsp3) is 0.385. The summed E-state index contributed by atoms with van der Waals surface area (Å²) in [4.78, 5) is 22.8. The minimum atomic E-state index is -1.10. The van der Waals surface area contributed by atoms with E-state index >= 15 is 0 Å². The third-order valence-electron chi connectivity index (χ3n) is 3.11. The molecule has 1 heterocycles. The van der Waals surface area contributed by atoms with Crippen molar-refractivity contribution in [2.24, 2.45) is 5.92 Å². The Morgan fingerprint density at radius 2 is 2.21 bits per heavy atom. The molecule has 1 aliphatic rings. The van der Waals surface area contributed by atoms with Gasteiger partial charge in [0.15, 0.2) is 0 Å². The maximum atomic E-state index is 12.0. The van der Waals surface area contributed by atoms with E-state index in [1.165, 1.54) is 18.2 Å². The number of hydrogen-bond acceptors (Lipinski definition) is 3. The van der Waals surface area contributed by atoms with E-state index in [0.717, 1.165) is 6.42 Å². The number of rotatable bonds is 3. The summed E-state index contributed by atoms with van der Waals surface area (Å²) in [5, 5.41) is 11.6. The van der Waals surface area contributed by atoms with E-state index < -0.39 is 12.1 Å². The van der Waals surface area contributed by atoms with Crippen molar-refractivity contribution in [1.82, 2.24) is 0 Å². The van der Waals surface area contributed by atoms with Gasteiger partial charge >= 0.3 is 5.97 Å². The van der Waals surface area contributed by atoms with Gasteiger partial charge in [-0.25, -0.2) is 4.79 Å². The molecular weight excluding hydrogens is 270 g/mol. The Hall–Kier alpha value is -1.59. The van der Waals surface area contributed by atoms with Gasteiger partial charge in [0, 0.05) is 12.3 Å². The summed E-state index contributed by atoms with van der Waals surface area (Å²) < 4.78 is 5.35. The number of ether oxygens (including phenoxy) is 1. The molecular formula is C13H14ClNO4. The van der Waals surface area contributed by atoms with E-state index in [1.54, 1.807) is 0 Å². The molecule has 102 valence electrons. The Morgan fingerprint density at radius 1 is 1.47 bits per heavy atom. The molecule has 19 heavy (non-hydrogen) atoms. The van der Waals surface area contributed by atoms with Gasteiger partial charge in [0.25, 0.3) is 5.91 Å². The van der Waals surface area contributed by atoms with Gasteiger partial charge in [0.2, 0.25) is 0 Å². The minimum Gasteiger partial charge on any atom is -0.478 e. The van der Waals surface area contributed by atoms with Gasteiger partial charge in [-0.15, -0.1) is 0 Å². The highest BCUT2D eigenvalue weighted by atomic mass is 35.5. The first-order chi connectivity index (χ1) is 8.99. The van der Waals surface area contributed by atoms with Crippen molar-refractivity contribution in [3.8, 4) is 0 Å². The van der Waals surface area contributed by atoms with Gasteiger partial charge in [-0.1, -0.05) is 18.5 Å². The zero-order valence-corrected chi connectivity index (χ0v) is 11.1. The number of hydrogen-bond donors (Lipinski definition) is 2. The van der Waals surface area contributed by atoms with Crippen molar-refractivity contribution in [2.45, 2.75) is 19.4 Å². The van der Waals surface area contributed by atoms with Crippen LogP contribution < -0.4 is 5.32 Å². The zero-order chi connectivity index (χ0) is 14.0. The molecule has 1 aromatic rings. The second-order valence-corrected chi connectivity index (χ2v) is 4.95. The summed E-state index contributed by atoms with van der Waals surface area (Å²) >= 11 is 5.83. The lowest BCUT2D eigenvalue weighted by Gasteiger charge is -2.14. The molecule has 6 heteroatoms. The first kappa shape index (κ1) is 13.8. The van der Waals surface area contributed by atoms with Crippen molar-refractivity contribution in [1.29, 1.82) is 0 Å². The quantitative estimate of drug-likeness (QED) is 0.893. The van der Waals surface area contributed by atoms with Gasteiger partial charge in [-0.05, 0) is 30.5 Å². The van der Waals surface area contributed by atoms with Crippen LogP contribution in [0, 0.1) is 5.92 Å². The van der Waals surface area contributed by atoms with Crippen LogP contribution in [0.3, 0.4) is 0 Å². The Balaban J connectivity index is 2.09. The molecule has 1 saturated heterocycles. The molecule has 2 atom stereocenters. The number of nitrogens with one attached hydrogen (secondary N) is 1. The van der Waals surface area contributed by atoms with Crippen LogP contribution in [0.2, 0.25) is 5.02 Å². The fourth-order valence-corrected chi connectivity index (χ4v) is 2.27. The van der Waals surface area contributed by atoms with E-state index in [0.29, 0.717) is 12.3 Å². The number of carbonyl (C=O) groups is 2. The topological polar surface area (TPSA) is 75.6 Å². The van der Waals surface area contributed by atoms with Crippen molar-refractivity contribution in [3.05, 3.63) is 28.8 Å². The second-order valence-electron chi connectivity index (χ2n) is 4.55. The van der Waals surface area contributed by atoms with Gasteiger partial charge in [-0.3, -0.25) is 4.79 Å². The molecule has 0 bridgehead atoms. The molecule has 5 nitrogen and oxygen atoms in total. The Morgan fingerprint density at radius 3 is 2.74 bits per heavy atom. The lowest BCUT2D eigenvalue weighted by atomic mass is 10.0. The summed E-state index contributed by atoms with van der Waals surface area (Å²) in [7, 11) is 0. The van der Waals surface area contributed by atoms with Gasteiger partial charge in [-0.2, -0.15) is 0 Å². The van der Waals surface area contributed by atoms with E-state index in [4.69, 9.17) is 21.4 Å². The normalized spacial score (nSPS) is 22.2. The highest BCUT2D eigenvalue weighted by Gasteiger charge is 2.30. The van der Waals surface area contributed by atoms with Gasteiger partial charge < -0.3 is 15.2 Å². The summed E-state index contributed by atoms with van der Waals surface area (Å²) in [5.74, 6) is -1.16. The van der Waals surface area contributed by atoms with E-state index in [-0.39, 0.29) is 22.4 Å². The summed E-state index contributed by atoms with van der Waals surface area (Å²) in [6.07, 6.45) is 0.398. The largest absolute Gasteiger partial charge is 0.478 e. The number of halogens is 1. The molecule has 1 aliphatic heterocycles. The highest BCUT2D eigenvalue weighted by Crippen LogP contribution is 2.24. The monoisotopic (exact) mass is 283 g/mol. The molecule has 1 fully saturated rings. The Bertz CT molecular complexity index is 517. The Labute approximate surface area is 115 Å². The van der Waals surface area contributed by atoms with Crippen LogP contribution in [0.25, 0.3) is 0 Å². The molecule has 0 saturated carbocycles. The van der Waals surface area contributed by atoms with E-state index in [9.17, 15) is 9.59 Å². The maximum absolute atomic E-state index is 12.0. The number of benzene rings is 1. The number of amides is 1. The van der Waals surface area contributed by atoms with Crippen molar-refractivity contribution < 1.29 is 19.4 Å². The average molecular weight is 284 g/mol. The van der Waals surface area contributed by atoms with Crippen molar-refractivity contribution >= 4 is 29.2 Å². The van der Waals surface area contributed by atoms with Crippen molar-refractivity contribution in [3.63, 3.8) is 0 Å². The Kier molecular flexibility index (Phi) is 4.07. The summed E-state index contributed by atoms with van der Waals surface area (Å²) in [6.45, 7) is 2.54. The molecule has 2 N–H and O–H groups in total. The number of aromatic carboxylic acids is 1. The van der Waals surface area contributed by atoms with Crippen LogP contribution in [0.5, 0.6) is 0 Å². The lowest BCUT2D eigenvalue weighted by molar-refractivity contribution is -0.126. The minimum absolute atomic E-state index is 0.00477. The fourth-order valence-electron chi connectivity index (χ4n) is 2.01. The average Bonchev–Trinajstić information content (AvgIpc) is 2.75. The number of carbonyl (C=O) groups excluding carboxylic acids is 1. The molecule has 1 amide bonds. The number of anilines is 1. The second kappa shape index (κ2) is 5.59. The van der Waals surface area contributed by atoms with Gasteiger partial charge in [0.1, 0.15) is 6.10 Å². The third kappa shape index (κ3) is 3.05. The standard InChI is InChI=1S/C13H14ClNO4/c1-7-4-5-19-11(7)12(16)15-8-2-3-9(13(17)18)10(14)6-8/h2-3,6-7,11H,4-5H2,1H3,(H,15,16)(H,17,18). The number of carboxylic acid groups (broad SMARTS) is 1. The van der Waals surface area contributed by atoms with E-state index in [1.807, 2.05) is 6.92 Å². The highest BCUT2D eigenvalue weighted by molar-refractivity contribution is 6.33. The van der Waals surface area contributed by atoms with Crippen LogP contribution in [0.15, 0.2) is 18.2 Å². The summed E-state index contributed by atoms with van der Waals surface area (Å²) in [5.41, 5.74) is 0.466. The van der Waals surface area contributed by atoms with Crippen molar-refractivity contribution in [2.75, 3.05) is 11.9 Å². The molecule has 0 aliphatic carbocycles. The first-order valence-corrected chi connectivity index (χ1v) is 6.32. The van der Waals surface area contributed by atoms with Crippen LogP contribution in [-0.2, 0) is 9.53 Å². The van der Waals surface area contributed by atoms with Crippen LogP contribution >= 0.6 is 11.6 Å². The predicted molar refractivity (Wildman–Crippen MR) is 70.6 cm³/mol. The molecule has 0 aromatic heterocycles. The van der Waals surface area contributed by atoms with Crippen LogP contribution in [-0.4, -0.2) is 29.7 Å². The molecule has 0 spiro atoms. The third-order valence-corrected chi connectivity index (χ3v) is 3.43.